The maximum absolute atomic E-state index is 12.2. The van der Waals surface area contributed by atoms with Crippen molar-refractivity contribution in [3.8, 4) is 11.5 Å². The number of nitrogens with one attached hydrogen (secondary N) is 1. The molecule has 0 bridgehead atoms. The van der Waals surface area contributed by atoms with Crippen LogP contribution in [0.4, 0.5) is 0 Å². The fourth-order valence-electron chi connectivity index (χ4n) is 2.25. The van der Waals surface area contributed by atoms with Gasteiger partial charge < -0.3 is 14.3 Å². The van der Waals surface area contributed by atoms with Gasteiger partial charge in [0.25, 0.3) is 0 Å². The number of furan rings is 1. The number of carbonyl (C=O) groups is 1. The van der Waals surface area contributed by atoms with Gasteiger partial charge in [0.2, 0.25) is 0 Å². The largest absolute Gasteiger partial charge is 0.504 e. The number of phenols is 1. The highest BCUT2D eigenvalue weighted by atomic mass is 79.9. The number of fused-ring (bicyclic) bond motifs is 1. The van der Waals surface area contributed by atoms with Crippen LogP contribution in [0.1, 0.15) is 16.1 Å². The number of hydrazone groups is 1. The molecule has 26 heavy (non-hydrogen) atoms. The lowest BCUT2D eigenvalue weighted by atomic mass is 10.2. The Morgan fingerprint density at radius 1 is 1.31 bits per heavy atom. The van der Waals surface area contributed by atoms with Gasteiger partial charge in [-0.25, -0.2) is 5.43 Å². The van der Waals surface area contributed by atoms with Crippen LogP contribution < -0.4 is 10.2 Å². The van der Waals surface area contributed by atoms with Crippen LogP contribution in [0.25, 0.3) is 11.0 Å². The standard InChI is InChI=1S/C17H11Br2ClN2O4/c1-25-13-6-11(20)3-9(15(13)23)7-21-22-17(24)14-4-8-2-10(18)5-12(19)16(8)26-14/h2-7,23H,1H3,(H,22,24)/b21-7-. The highest BCUT2D eigenvalue weighted by Crippen LogP contribution is 2.32. The molecule has 3 rings (SSSR count). The molecule has 0 spiro atoms. The maximum Gasteiger partial charge on any atom is 0.307 e. The van der Waals surface area contributed by atoms with Crippen LogP contribution >= 0.6 is 43.5 Å². The van der Waals surface area contributed by atoms with Gasteiger partial charge in [0.15, 0.2) is 17.3 Å². The summed E-state index contributed by atoms with van der Waals surface area (Å²) in [6, 6.07) is 8.22. The van der Waals surface area contributed by atoms with E-state index in [0.717, 1.165) is 14.3 Å². The minimum Gasteiger partial charge on any atom is -0.504 e. The van der Waals surface area contributed by atoms with Crippen LogP contribution in [-0.2, 0) is 0 Å². The smallest absolute Gasteiger partial charge is 0.307 e. The number of carbonyl (C=O) groups excluding carboxylic acids is 1. The first kappa shape index (κ1) is 18.8. The zero-order chi connectivity index (χ0) is 18.8. The number of ether oxygens (including phenoxy) is 1. The predicted octanol–water partition coefficient (Wildman–Crippen LogP) is 5.09. The molecule has 0 atom stereocenters. The second-order valence-corrected chi connectivity index (χ2v) is 7.37. The Hall–Kier alpha value is -2.03. The summed E-state index contributed by atoms with van der Waals surface area (Å²) in [5.74, 6) is -0.358. The quantitative estimate of drug-likeness (QED) is 0.385. The van der Waals surface area contributed by atoms with Crippen LogP contribution in [0.15, 0.2) is 48.8 Å². The highest BCUT2D eigenvalue weighted by Gasteiger charge is 2.14. The minimum atomic E-state index is -0.533. The number of aromatic hydroxyl groups is 1. The molecule has 3 aromatic rings. The van der Waals surface area contributed by atoms with Crippen molar-refractivity contribution in [2.75, 3.05) is 7.11 Å². The number of methoxy groups -OCH3 is 1. The number of phenolic OH excluding ortho intramolecular Hbond substituents is 1. The first-order valence-corrected chi connectivity index (χ1v) is 9.14. The molecule has 0 unspecified atom stereocenters. The first-order chi connectivity index (χ1) is 12.4. The molecule has 0 aliphatic rings. The van der Waals surface area contributed by atoms with E-state index in [1.807, 2.05) is 12.1 Å². The SMILES string of the molecule is COc1cc(Cl)cc(/C=N\NC(=O)c2cc3cc(Br)cc(Br)c3o2)c1O. The predicted molar refractivity (Wildman–Crippen MR) is 106 cm³/mol. The summed E-state index contributed by atoms with van der Waals surface area (Å²) in [5, 5.41) is 15.0. The van der Waals surface area contributed by atoms with Gasteiger partial charge in [-0.2, -0.15) is 5.10 Å². The van der Waals surface area contributed by atoms with Crippen molar-refractivity contribution in [1.82, 2.24) is 5.43 Å². The number of rotatable bonds is 4. The summed E-state index contributed by atoms with van der Waals surface area (Å²) in [6.07, 6.45) is 1.26. The lowest BCUT2D eigenvalue weighted by Crippen LogP contribution is -2.16. The molecule has 0 saturated heterocycles. The van der Waals surface area contributed by atoms with E-state index in [1.54, 1.807) is 6.07 Å². The van der Waals surface area contributed by atoms with Crippen molar-refractivity contribution in [3.05, 3.63) is 55.6 Å². The number of hydrogen-bond donors (Lipinski definition) is 2. The molecule has 0 radical (unpaired) electrons. The lowest BCUT2D eigenvalue weighted by molar-refractivity contribution is 0.0929. The first-order valence-electron chi connectivity index (χ1n) is 7.17. The number of halogens is 3. The molecular formula is C17H11Br2ClN2O4. The molecule has 1 amide bonds. The molecule has 9 heteroatoms. The Balaban J connectivity index is 1.80. The summed E-state index contributed by atoms with van der Waals surface area (Å²) in [4.78, 5) is 12.2. The normalized spacial score (nSPS) is 11.2. The molecule has 134 valence electrons. The molecule has 2 N–H and O–H groups in total. The molecule has 1 aromatic heterocycles. The van der Waals surface area contributed by atoms with Crippen molar-refractivity contribution in [2.24, 2.45) is 5.10 Å². The van der Waals surface area contributed by atoms with Crippen LogP contribution in [-0.4, -0.2) is 24.3 Å². The zero-order valence-electron chi connectivity index (χ0n) is 13.2. The molecule has 6 nitrogen and oxygen atoms in total. The Kier molecular flexibility index (Phi) is 5.55. The van der Waals surface area contributed by atoms with Gasteiger partial charge in [0.1, 0.15) is 5.58 Å². The fraction of sp³-hybridized carbons (Fsp3) is 0.0588. The van der Waals surface area contributed by atoms with Crippen molar-refractivity contribution < 1.29 is 19.1 Å². The van der Waals surface area contributed by atoms with Crippen LogP contribution in [0, 0.1) is 0 Å². The third-order valence-electron chi connectivity index (χ3n) is 3.42. The Morgan fingerprint density at radius 3 is 2.81 bits per heavy atom. The molecule has 0 fully saturated rings. The number of amides is 1. The van der Waals surface area contributed by atoms with Gasteiger partial charge in [0.05, 0.1) is 17.8 Å². The summed E-state index contributed by atoms with van der Waals surface area (Å²) in [6.45, 7) is 0. The molecule has 0 saturated carbocycles. The average molecular weight is 503 g/mol. The molecule has 0 aliphatic carbocycles. The van der Waals surface area contributed by atoms with Crippen LogP contribution in [0.3, 0.4) is 0 Å². The van der Waals surface area contributed by atoms with Gasteiger partial charge in [-0.1, -0.05) is 27.5 Å². The van der Waals surface area contributed by atoms with Crippen LogP contribution in [0.5, 0.6) is 11.5 Å². The van der Waals surface area contributed by atoms with Crippen molar-refractivity contribution >= 4 is 66.6 Å². The maximum atomic E-state index is 12.2. The van der Waals surface area contributed by atoms with E-state index in [4.69, 9.17) is 20.8 Å². The fourth-order valence-corrected chi connectivity index (χ4v) is 3.81. The average Bonchev–Trinajstić information content (AvgIpc) is 3.01. The van der Waals surface area contributed by atoms with E-state index in [0.29, 0.717) is 16.2 Å². The van der Waals surface area contributed by atoms with E-state index < -0.39 is 5.91 Å². The van der Waals surface area contributed by atoms with E-state index in [2.05, 4.69) is 42.4 Å². The Bertz CT molecular complexity index is 1030. The molecule has 1 heterocycles. The van der Waals surface area contributed by atoms with Gasteiger partial charge >= 0.3 is 5.91 Å². The van der Waals surface area contributed by atoms with E-state index in [1.165, 1.54) is 25.5 Å². The minimum absolute atomic E-state index is 0.101. The lowest BCUT2D eigenvalue weighted by Gasteiger charge is -2.06. The topological polar surface area (TPSA) is 84.1 Å². The van der Waals surface area contributed by atoms with E-state index >= 15 is 0 Å². The zero-order valence-corrected chi connectivity index (χ0v) is 17.1. The van der Waals surface area contributed by atoms with Crippen molar-refractivity contribution in [1.29, 1.82) is 0 Å². The summed E-state index contributed by atoms with van der Waals surface area (Å²) >= 11 is 12.7. The number of benzene rings is 2. The number of nitrogens with zero attached hydrogens (tertiary/aromatic N) is 1. The molecule has 0 aliphatic heterocycles. The Morgan fingerprint density at radius 2 is 2.08 bits per heavy atom. The van der Waals surface area contributed by atoms with Crippen molar-refractivity contribution in [2.45, 2.75) is 0 Å². The Labute approximate surface area is 170 Å². The van der Waals surface area contributed by atoms with Crippen LogP contribution in [0.2, 0.25) is 5.02 Å². The van der Waals surface area contributed by atoms with E-state index in [9.17, 15) is 9.90 Å². The molecule has 2 aromatic carbocycles. The number of hydrogen-bond acceptors (Lipinski definition) is 5. The molecular weight excluding hydrogens is 491 g/mol. The van der Waals surface area contributed by atoms with Gasteiger partial charge in [0, 0.05) is 26.5 Å². The second kappa shape index (κ2) is 7.69. The second-order valence-electron chi connectivity index (χ2n) is 5.16. The summed E-state index contributed by atoms with van der Waals surface area (Å²) < 4.78 is 12.1. The third-order valence-corrected chi connectivity index (χ3v) is 4.68. The highest BCUT2D eigenvalue weighted by molar-refractivity contribution is 9.11. The van der Waals surface area contributed by atoms with Gasteiger partial charge in [-0.05, 0) is 40.2 Å². The van der Waals surface area contributed by atoms with E-state index in [-0.39, 0.29) is 17.3 Å². The third kappa shape index (κ3) is 3.87. The van der Waals surface area contributed by atoms with Crippen molar-refractivity contribution in [3.63, 3.8) is 0 Å². The van der Waals surface area contributed by atoms with Gasteiger partial charge in [-0.15, -0.1) is 0 Å². The monoisotopic (exact) mass is 500 g/mol. The van der Waals surface area contributed by atoms with Gasteiger partial charge in [-0.3, -0.25) is 4.79 Å². The summed E-state index contributed by atoms with van der Waals surface area (Å²) in [5.41, 5.74) is 3.19. The summed E-state index contributed by atoms with van der Waals surface area (Å²) in [7, 11) is 1.41.